The number of H-pyrrole nitrogens is 1. The van der Waals surface area contributed by atoms with Crippen LogP contribution in [0.3, 0.4) is 0 Å². The molecule has 5 heteroatoms. The molecule has 1 unspecified atom stereocenters. The van der Waals surface area contributed by atoms with Crippen LogP contribution in [0, 0.1) is 20.8 Å². The highest BCUT2D eigenvalue weighted by Gasteiger charge is 2.34. The van der Waals surface area contributed by atoms with Crippen LogP contribution in [0.4, 0.5) is 10.5 Å². The van der Waals surface area contributed by atoms with Crippen LogP contribution in [0.5, 0.6) is 0 Å². The molecule has 0 radical (unpaired) electrons. The van der Waals surface area contributed by atoms with E-state index in [0.717, 1.165) is 44.9 Å². The highest BCUT2D eigenvalue weighted by Crippen LogP contribution is 2.39. The first-order valence-electron chi connectivity index (χ1n) is 10.9. The Morgan fingerprint density at radius 1 is 1.00 bits per heavy atom. The van der Waals surface area contributed by atoms with Gasteiger partial charge in [-0.25, -0.2) is 4.79 Å². The fraction of sp³-hybridized carbons (Fsp3) is 0.222. The molecule has 1 aromatic heterocycles. The number of aromatic nitrogens is 1. The third kappa shape index (κ3) is 3.65. The lowest BCUT2D eigenvalue weighted by Gasteiger charge is -2.36. The molecular weight excluding hydrogens is 418 g/mol. The van der Waals surface area contributed by atoms with Crippen molar-refractivity contribution in [1.29, 1.82) is 0 Å². The summed E-state index contributed by atoms with van der Waals surface area (Å²) < 4.78 is 0. The number of carbonyl (C=O) groups excluding carboxylic acids is 1. The van der Waals surface area contributed by atoms with Crippen molar-refractivity contribution in [3.63, 3.8) is 0 Å². The molecule has 0 bridgehead atoms. The zero-order valence-electron chi connectivity index (χ0n) is 18.5. The number of nitrogens with one attached hydrogen (secondary N) is 2. The van der Waals surface area contributed by atoms with Gasteiger partial charge in [-0.05, 0) is 79.8 Å². The van der Waals surface area contributed by atoms with Gasteiger partial charge in [0.25, 0.3) is 0 Å². The second kappa shape index (κ2) is 8.03. The lowest BCUT2D eigenvalue weighted by atomic mass is 9.92. The van der Waals surface area contributed by atoms with Crippen LogP contribution in [-0.2, 0) is 6.42 Å². The Labute approximate surface area is 193 Å². The normalized spacial score (nSPS) is 15.6. The minimum Gasteiger partial charge on any atom is -0.356 e. The molecule has 4 nitrogen and oxygen atoms in total. The number of hydrogen-bond acceptors (Lipinski definition) is 1. The van der Waals surface area contributed by atoms with E-state index in [4.69, 9.17) is 11.6 Å². The van der Waals surface area contributed by atoms with Gasteiger partial charge in [-0.15, -0.1) is 0 Å². The van der Waals surface area contributed by atoms with E-state index >= 15 is 0 Å². The molecule has 0 saturated carbocycles. The molecule has 32 heavy (non-hydrogen) atoms. The van der Waals surface area contributed by atoms with E-state index in [-0.39, 0.29) is 12.1 Å². The van der Waals surface area contributed by atoms with Crippen LogP contribution >= 0.6 is 11.6 Å². The van der Waals surface area contributed by atoms with Crippen molar-refractivity contribution >= 4 is 34.2 Å². The molecule has 2 N–H and O–H groups in total. The first kappa shape index (κ1) is 20.7. The summed E-state index contributed by atoms with van der Waals surface area (Å²) in [4.78, 5) is 19.0. The van der Waals surface area contributed by atoms with Gasteiger partial charge in [0.15, 0.2) is 0 Å². The van der Waals surface area contributed by atoms with E-state index in [9.17, 15) is 4.79 Å². The number of urea groups is 1. The number of amides is 2. The quantitative estimate of drug-likeness (QED) is 0.347. The van der Waals surface area contributed by atoms with E-state index in [1.807, 2.05) is 41.3 Å². The number of anilines is 1. The standard InChI is InChI=1S/C27H26ClN3O/c1-16-4-7-19(8-5-16)26-25-22(23-15-20(28)9-11-24(23)30-25)12-13-31(26)27(32)29-21-10-6-17(2)18(3)14-21/h4-11,14-15,26,30H,12-13H2,1-3H3,(H,29,32). The van der Waals surface area contributed by atoms with E-state index in [2.05, 4.69) is 55.3 Å². The number of rotatable bonds is 2. The van der Waals surface area contributed by atoms with Crippen molar-refractivity contribution in [2.24, 2.45) is 0 Å². The first-order chi connectivity index (χ1) is 15.4. The fourth-order valence-corrected chi connectivity index (χ4v) is 4.76. The van der Waals surface area contributed by atoms with Crippen molar-refractivity contribution < 1.29 is 4.79 Å². The third-order valence-electron chi connectivity index (χ3n) is 6.50. The number of benzene rings is 3. The summed E-state index contributed by atoms with van der Waals surface area (Å²) in [5.74, 6) is 0. The maximum Gasteiger partial charge on any atom is 0.322 e. The molecule has 0 fully saturated rings. The zero-order valence-corrected chi connectivity index (χ0v) is 19.3. The van der Waals surface area contributed by atoms with E-state index < -0.39 is 0 Å². The molecule has 3 aromatic carbocycles. The number of halogens is 1. The van der Waals surface area contributed by atoms with Crippen molar-refractivity contribution in [2.45, 2.75) is 33.2 Å². The average molecular weight is 444 g/mol. The highest BCUT2D eigenvalue weighted by molar-refractivity contribution is 6.31. The summed E-state index contributed by atoms with van der Waals surface area (Å²) in [6.07, 6.45) is 0.776. The van der Waals surface area contributed by atoms with Crippen LogP contribution in [-0.4, -0.2) is 22.5 Å². The van der Waals surface area contributed by atoms with Crippen molar-refractivity contribution in [3.8, 4) is 0 Å². The number of aryl methyl sites for hydroxylation is 3. The molecule has 2 heterocycles. The number of fused-ring (bicyclic) bond motifs is 3. The molecule has 1 atom stereocenters. The van der Waals surface area contributed by atoms with Gasteiger partial charge < -0.3 is 15.2 Å². The Bertz CT molecular complexity index is 1320. The van der Waals surface area contributed by atoms with Crippen LogP contribution in [0.15, 0.2) is 60.7 Å². The molecule has 1 aliphatic rings. The first-order valence-corrected chi connectivity index (χ1v) is 11.3. The van der Waals surface area contributed by atoms with E-state index in [1.165, 1.54) is 16.7 Å². The summed E-state index contributed by atoms with van der Waals surface area (Å²) in [6.45, 7) is 6.83. The molecule has 4 aromatic rings. The van der Waals surface area contributed by atoms with Gasteiger partial charge in [0.1, 0.15) is 0 Å². The predicted octanol–water partition coefficient (Wildman–Crippen LogP) is 6.93. The van der Waals surface area contributed by atoms with E-state index in [1.54, 1.807) is 0 Å². The largest absolute Gasteiger partial charge is 0.356 e. The van der Waals surface area contributed by atoms with Crippen LogP contribution in [0.25, 0.3) is 10.9 Å². The molecule has 0 spiro atoms. The average Bonchev–Trinajstić information content (AvgIpc) is 3.14. The minimum absolute atomic E-state index is 0.0961. The maximum atomic E-state index is 13.5. The summed E-state index contributed by atoms with van der Waals surface area (Å²) in [7, 11) is 0. The number of aromatic amines is 1. The molecule has 162 valence electrons. The van der Waals surface area contributed by atoms with Gasteiger partial charge >= 0.3 is 6.03 Å². The second-order valence-electron chi connectivity index (χ2n) is 8.69. The number of nitrogens with zero attached hydrogens (tertiary/aromatic N) is 1. The maximum absolute atomic E-state index is 13.5. The lowest BCUT2D eigenvalue weighted by molar-refractivity contribution is 0.193. The number of hydrogen-bond donors (Lipinski definition) is 2. The van der Waals surface area contributed by atoms with Crippen LogP contribution in [0.2, 0.25) is 5.02 Å². The molecule has 0 aliphatic carbocycles. The summed E-state index contributed by atoms with van der Waals surface area (Å²) >= 11 is 6.29. The van der Waals surface area contributed by atoms with Gasteiger partial charge in [0, 0.05) is 33.9 Å². The predicted molar refractivity (Wildman–Crippen MR) is 132 cm³/mol. The minimum atomic E-state index is -0.197. The Balaban J connectivity index is 1.57. The molecular formula is C27H26ClN3O. The fourth-order valence-electron chi connectivity index (χ4n) is 4.59. The second-order valence-corrected chi connectivity index (χ2v) is 9.13. The molecule has 1 aliphatic heterocycles. The molecule has 5 rings (SSSR count). The van der Waals surface area contributed by atoms with Crippen molar-refractivity contribution in [1.82, 2.24) is 9.88 Å². The summed E-state index contributed by atoms with van der Waals surface area (Å²) in [5, 5.41) is 4.98. The smallest absolute Gasteiger partial charge is 0.322 e. The van der Waals surface area contributed by atoms with Gasteiger partial charge in [-0.1, -0.05) is 47.5 Å². The van der Waals surface area contributed by atoms with Gasteiger partial charge in [0.2, 0.25) is 0 Å². The zero-order chi connectivity index (χ0) is 22.4. The topological polar surface area (TPSA) is 48.1 Å². The van der Waals surface area contributed by atoms with Gasteiger partial charge in [0.05, 0.1) is 6.04 Å². The Morgan fingerprint density at radius 2 is 1.78 bits per heavy atom. The van der Waals surface area contributed by atoms with Crippen molar-refractivity contribution in [3.05, 3.63) is 99.2 Å². The molecule has 0 saturated heterocycles. The summed E-state index contributed by atoms with van der Waals surface area (Å²) in [6, 6.07) is 20.1. The van der Waals surface area contributed by atoms with Gasteiger partial charge in [-0.3, -0.25) is 0 Å². The number of carbonyl (C=O) groups is 1. The Hall–Kier alpha value is -3.24. The Kier molecular flexibility index (Phi) is 5.18. The SMILES string of the molecule is Cc1ccc(C2c3[nH]c4ccc(Cl)cc4c3CCN2C(=O)Nc2ccc(C)c(C)c2)cc1. The summed E-state index contributed by atoms with van der Waals surface area (Å²) in [5.41, 5.74) is 8.81. The van der Waals surface area contributed by atoms with E-state index in [0.29, 0.717) is 6.54 Å². The lowest BCUT2D eigenvalue weighted by Crippen LogP contribution is -2.43. The molecule has 2 amide bonds. The Morgan fingerprint density at radius 3 is 2.53 bits per heavy atom. The third-order valence-corrected chi connectivity index (χ3v) is 6.74. The highest BCUT2D eigenvalue weighted by atomic mass is 35.5. The van der Waals surface area contributed by atoms with Crippen molar-refractivity contribution in [2.75, 3.05) is 11.9 Å². The van der Waals surface area contributed by atoms with Crippen LogP contribution < -0.4 is 5.32 Å². The van der Waals surface area contributed by atoms with Gasteiger partial charge in [-0.2, -0.15) is 0 Å². The van der Waals surface area contributed by atoms with Crippen LogP contribution in [0.1, 0.15) is 39.6 Å². The monoisotopic (exact) mass is 443 g/mol.